The number of aromatic nitrogens is 3. The van der Waals surface area contributed by atoms with Crippen LogP contribution in [0.3, 0.4) is 0 Å². The maximum atomic E-state index is 5.92. The Bertz CT molecular complexity index is 520. The fourth-order valence-electron chi connectivity index (χ4n) is 1.74. The molecule has 0 aromatic carbocycles. The predicted molar refractivity (Wildman–Crippen MR) is 67.9 cm³/mol. The molecule has 2 aromatic rings. The van der Waals surface area contributed by atoms with Crippen molar-refractivity contribution in [3.8, 4) is 5.88 Å². The Kier molecular flexibility index (Phi) is 3.17. The van der Waals surface area contributed by atoms with Crippen LogP contribution in [0.15, 0.2) is 12.1 Å². The Morgan fingerprint density at radius 2 is 2.18 bits per heavy atom. The predicted octanol–water partition coefficient (Wildman–Crippen LogP) is 2.07. The van der Waals surface area contributed by atoms with Crippen LogP contribution in [0.1, 0.15) is 20.3 Å². The smallest absolute Gasteiger partial charge is 0.215 e. The molecule has 2 heterocycles. The molecule has 0 spiro atoms. The number of nitrogens with zero attached hydrogens (tertiary/aromatic N) is 3. The number of fused-ring (bicyclic) bond motifs is 1. The standard InChI is InChI=1S/C12H18N4O/c1-4-8(2)7-16-11-9(14-12(16)13)5-6-10(15-11)17-3/h5-6,8H,4,7H2,1-3H3,(H2,13,14). The summed E-state index contributed by atoms with van der Waals surface area (Å²) in [5, 5.41) is 0. The van der Waals surface area contributed by atoms with Crippen LogP contribution in [0, 0.1) is 5.92 Å². The van der Waals surface area contributed by atoms with E-state index >= 15 is 0 Å². The number of ether oxygens (including phenoxy) is 1. The zero-order chi connectivity index (χ0) is 12.4. The van der Waals surface area contributed by atoms with Crippen molar-refractivity contribution in [1.82, 2.24) is 14.5 Å². The van der Waals surface area contributed by atoms with Gasteiger partial charge in [0.1, 0.15) is 5.52 Å². The van der Waals surface area contributed by atoms with Gasteiger partial charge in [0.25, 0.3) is 0 Å². The van der Waals surface area contributed by atoms with Gasteiger partial charge >= 0.3 is 0 Å². The van der Waals surface area contributed by atoms with Gasteiger partial charge in [-0.15, -0.1) is 0 Å². The fourth-order valence-corrected chi connectivity index (χ4v) is 1.74. The Labute approximate surface area is 101 Å². The molecule has 2 aromatic heterocycles. The molecule has 0 amide bonds. The highest BCUT2D eigenvalue weighted by Gasteiger charge is 2.12. The van der Waals surface area contributed by atoms with Gasteiger partial charge in [-0.2, -0.15) is 4.98 Å². The van der Waals surface area contributed by atoms with Crippen LogP contribution >= 0.6 is 0 Å². The molecule has 0 aliphatic heterocycles. The minimum absolute atomic E-state index is 0.515. The SMILES string of the molecule is CCC(C)Cn1c(N)nc2ccc(OC)nc21. The van der Waals surface area contributed by atoms with Crippen molar-refractivity contribution in [1.29, 1.82) is 0 Å². The molecule has 2 rings (SSSR count). The summed E-state index contributed by atoms with van der Waals surface area (Å²) in [4.78, 5) is 8.70. The van der Waals surface area contributed by atoms with E-state index < -0.39 is 0 Å². The topological polar surface area (TPSA) is 66.0 Å². The number of anilines is 1. The Morgan fingerprint density at radius 1 is 1.41 bits per heavy atom. The van der Waals surface area contributed by atoms with Crippen LogP contribution in [0.4, 0.5) is 5.95 Å². The second kappa shape index (κ2) is 4.61. The molecule has 0 saturated heterocycles. The summed E-state index contributed by atoms with van der Waals surface area (Å²) in [5.74, 6) is 1.64. The number of hydrogen-bond donors (Lipinski definition) is 1. The van der Waals surface area contributed by atoms with E-state index in [4.69, 9.17) is 10.5 Å². The van der Waals surface area contributed by atoms with Crippen LogP contribution in [-0.2, 0) is 6.54 Å². The second-order valence-corrected chi connectivity index (χ2v) is 4.29. The van der Waals surface area contributed by atoms with E-state index in [1.807, 2.05) is 10.6 Å². The lowest BCUT2D eigenvalue weighted by Gasteiger charge is -2.11. The molecule has 0 bridgehead atoms. The molecule has 2 N–H and O–H groups in total. The van der Waals surface area contributed by atoms with Crippen molar-refractivity contribution in [3.05, 3.63) is 12.1 Å². The largest absolute Gasteiger partial charge is 0.481 e. The van der Waals surface area contributed by atoms with Gasteiger partial charge < -0.3 is 10.5 Å². The van der Waals surface area contributed by atoms with E-state index in [-0.39, 0.29) is 0 Å². The summed E-state index contributed by atoms with van der Waals surface area (Å²) in [7, 11) is 1.60. The molecule has 0 aliphatic carbocycles. The van der Waals surface area contributed by atoms with E-state index in [0.717, 1.165) is 24.1 Å². The average Bonchev–Trinajstić information content (AvgIpc) is 2.65. The number of nitrogens with two attached hydrogens (primary N) is 1. The monoisotopic (exact) mass is 234 g/mol. The second-order valence-electron chi connectivity index (χ2n) is 4.29. The van der Waals surface area contributed by atoms with Crippen LogP contribution in [0.5, 0.6) is 5.88 Å². The maximum absolute atomic E-state index is 5.92. The van der Waals surface area contributed by atoms with Gasteiger partial charge in [0.2, 0.25) is 11.8 Å². The van der Waals surface area contributed by atoms with E-state index in [1.165, 1.54) is 0 Å². The van der Waals surface area contributed by atoms with Crippen LogP contribution < -0.4 is 10.5 Å². The highest BCUT2D eigenvalue weighted by atomic mass is 16.5. The van der Waals surface area contributed by atoms with E-state index in [1.54, 1.807) is 13.2 Å². The summed E-state index contributed by atoms with van der Waals surface area (Å²) in [5.41, 5.74) is 7.52. The van der Waals surface area contributed by atoms with Crippen LogP contribution in [0.2, 0.25) is 0 Å². The van der Waals surface area contributed by atoms with Crippen molar-refractivity contribution in [3.63, 3.8) is 0 Å². The molecule has 1 atom stereocenters. The molecule has 0 aliphatic rings. The quantitative estimate of drug-likeness (QED) is 0.879. The molecule has 5 nitrogen and oxygen atoms in total. The van der Waals surface area contributed by atoms with Gasteiger partial charge in [0.15, 0.2) is 5.65 Å². The molecular formula is C12H18N4O. The molecule has 92 valence electrons. The van der Waals surface area contributed by atoms with E-state index in [9.17, 15) is 0 Å². The third-order valence-electron chi connectivity index (χ3n) is 3.00. The van der Waals surface area contributed by atoms with E-state index in [0.29, 0.717) is 17.7 Å². The van der Waals surface area contributed by atoms with Gasteiger partial charge in [-0.05, 0) is 12.0 Å². The molecule has 0 saturated carbocycles. The lowest BCUT2D eigenvalue weighted by molar-refractivity contribution is 0.398. The Balaban J connectivity index is 2.48. The summed E-state index contributed by atoms with van der Waals surface area (Å²) >= 11 is 0. The van der Waals surface area contributed by atoms with Crippen molar-refractivity contribution in [2.24, 2.45) is 5.92 Å². The normalized spacial score (nSPS) is 12.9. The molecular weight excluding hydrogens is 216 g/mol. The van der Waals surface area contributed by atoms with Gasteiger partial charge in [-0.25, -0.2) is 4.98 Å². The summed E-state index contributed by atoms with van der Waals surface area (Å²) in [6.07, 6.45) is 1.10. The highest BCUT2D eigenvalue weighted by molar-refractivity contribution is 5.74. The van der Waals surface area contributed by atoms with Crippen LogP contribution in [-0.4, -0.2) is 21.6 Å². The lowest BCUT2D eigenvalue weighted by Crippen LogP contribution is -2.10. The zero-order valence-electron chi connectivity index (χ0n) is 10.5. The molecule has 0 radical (unpaired) electrons. The number of nitrogen functional groups attached to an aromatic ring is 1. The molecule has 0 fully saturated rings. The summed E-state index contributed by atoms with van der Waals surface area (Å²) in [6.45, 7) is 5.18. The van der Waals surface area contributed by atoms with Crippen molar-refractivity contribution >= 4 is 17.1 Å². The first-order chi connectivity index (χ1) is 8.15. The summed E-state index contributed by atoms with van der Waals surface area (Å²) < 4.78 is 7.08. The third kappa shape index (κ3) is 2.18. The summed E-state index contributed by atoms with van der Waals surface area (Å²) in [6, 6.07) is 3.67. The number of methoxy groups -OCH3 is 1. The maximum Gasteiger partial charge on any atom is 0.215 e. The third-order valence-corrected chi connectivity index (χ3v) is 3.00. The molecule has 1 unspecified atom stereocenters. The molecule has 17 heavy (non-hydrogen) atoms. The minimum atomic E-state index is 0.515. The van der Waals surface area contributed by atoms with E-state index in [2.05, 4.69) is 23.8 Å². The Hall–Kier alpha value is -1.78. The van der Waals surface area contributed by atoms with Gasteiger partial charge in [0, 0.05) is 12.6 Å². The van der Waals surface area contributed by atoms with Gasteiger partial charge in [-0.1, -0.05) is 20.3 Å². The van der Waals surface area contributed by atoms with Crippen molar-refractivity contribution in [2.45, 2.75) is 26.8 Å². The van der Waals surface area contributed by atoms with Crippen molar-refractivity contribution < 1.29 is 4.74 Å². The minimum Gasteiger partial charge on any atom is -0.481 e. The number of hydrogen-bond acceptors (Lipinski definition) is 4. The number of imidazole rings is 1. The first-order valence-electron chi connectivity index (χ1n) is 5.82. The van der Waals surface area contributed by atoms with Gasteiger partial charge in [0.05, 0.1) is 7.11 Å². The average molecular weight is 234 g/mol. The van der Waals surface area contributed by atoms with Crippen molar-refractivity contribution in [2.75, 3.05) is 12.8 Å². The number of rotatable bonds is 4. The van der Waals surface area contributed by atoms with Crippen LogP contribution in [0.25, 0.3) is 11.2 Å². The fraction of sp³-hybridized carbons (Fsp3) is 0.500. The zero-order valence-corrected chi connectivity index (χ0v) is 10.5. The lowest BCUT2D eigenvalue weighted by atomic mass is 10.1. The highest BCUT2D eigenvalue weighted by Crippen LogP contribution is 2.21. The Morgan fingerprint density at radius 3 is 2.82 bits per heavy atom. The van der Waals surface area contributed by atoms with Gasteiger partial charge in [-0.3, -0.25) is 4.57 Å². The first-order valence-corrected chi connectivity index (χ1v) is 5.82. The molecule has 5 heteroatoms. The first kappa shape index (κ1) is 11.7. The number of pyridine rings is 1.